The molecule has 0 aliphatic carbocycles. The number of pyridine rings is 1. The minimum atomic E-state index is -0.387. The number of carbonyl (C=O) groups excluding carboxylic acids is 1. The molecule has 0 fully saturated rings. The molecule has 0 saturated heterocycles. The van der Waals surface area contributed by atoms with E-state index in [-0.39, 0.29) is 17.3 Å². The molecule has 0 spiro atoms. The van der Waals surface area contributed by atoms with Gasteiger partial charge in [-0.25, -0.2) is 19.9 Å². The zero-order valence-corrected chi connectivity index (χ0v) is 18.6. The number of phenolic OH excluding ortho intramolecular Hbond substituents is 1. The van der Waals surface area contributed by atoms with Crippen molar-refractivity contribution in [3.63, 3.8) is 0 Å². The van der Waals surface area contributed by atoms with Crippen LogP contribution in [0.1, 0.15) is 16.2 Å². The normalized spacial score (nSPS) is 11.0. The van der Waals surface area contributed by atoms with E-state index in [0.717, 1.165) is 16.6 Å². The molecular weight excluding hydrogens is 450 g/mol. The SMILES string of the molecule is COc1ncccc1-c1ccc(O)c(-c2nc3cc(C(=O)NCCc4n[nH]c(=O)[nH]4)ccc3[nH]2)c1. The Labute approximate surface area is 198 Å². The van der Waals surface area contributed by atoms with Gasteiger partial charge in [-0.3, -0.25) is 9.78 Å². The second-order valence-corrected chi connectivity index (χ2v) is 7.74. The highest BCUT2D eigenvalue weighted by Gasteiger charge is 2.15. The maximum atomic E-state index is 12.6. The van der Waals surface area contributed by atoms with E-state index in [1.807, 2.05) is 12.1 Å². The highest BCUT2D eigenvalue weighted by atomic mass is 16.5. The van der Waals surface area contributed by atoms with Gasteiger partial charge in [0.25, 0.3) is 5.91 Å². The summed E-state index contributed by atoms with van der Waals surface area (Å²) >= 11 is 0. The number of benzene rings is 2. The smallest absolute Gasteiger partial charge is 0.340 e. The van der Waals surface area contributed by atoms with Crippen LogP contribution in [0.15, 0.2) is 59.5 Å². The molecule has 0 radical (unpaired) electrons. The van der Waals surface area contributed by atoms with Crippen LogP contribution >= 0.6 is 0 Å². The largest absolute Gasteiger partial charge is 0.507 e. The number of aromatic hydroxyl groups is 1. The molecule has 0 saturated carbocycles. The third-order valence-corrected chi connectivity index (χ3v) is 5.47. The Morgan fingerprint density at radius 3 is 2.80 bits per heavy atom. The fourth-order valence-corrected chi connectivity index (χ4v) is 3.76. The van der Waals surface area contributed by atoms with Crippen molar-refractivity contribution in [2.24, 2.45) is 0 Å². The maximum Gasteiger partial charge on any atom is 0.340 e. The summed E-state index contributed by atoms with van der Waals surface area (Å²) in [5.74, 6) is 1.19. The Balaban J connectivity index is 1.39. The lowest BCUT2D eigenvalue weighted by molar-refractivity contribution is 0.0954. The minimum absolute atomic E-state index is 0.0602. The van der Waals surface area contributed by atoms with Crippen molar-refractivity contribution < 1.29 is 14.6 Å². The predicted octanol–water partition coefficient (Wildman–Crippen LogP) is 2.39. The summed E-state index contributed by atoms with van der Waals surface area (Å²) in [7, 11) is 1.55. The number of hydrogen-bond donors (Lipinski definition) is 5. The number of hydrogen-bond acceptors (Lipinski definition) is 7. The third kappa shape index (κ3) is 4.47. The number of aromatic amines is 3. The number of aromatic nitrogens is 6. The summed E-state index contributed by atoms with van der Waals surface area (Å²) in [6.45, 7) is 0.307. The Morgan fingerprint density at radius 1 is 1.11 bits per heavy atom. The second kappa shape index (κ2) is 9.14. The van der Waals surface area contributed by atoms with Crippen LogP contribution in [0.4, 0.5) is 0 Å². The number of phenols is 1. The van der Waals surface area contributed by atoms with Crippen LogP contribution in [-0.2, 0) is 6.42 Å². The topological polar surface area (TPSA) is 162 Å². The number of amides is 1. The van der Waals surface area contributed by atoms with E-state index < -0.39 is 0 Å². The highest BCUT2D eigenvalue weighted by Crippen LogP contribution is 2.35. The molecule has 0 aliphatic rings. The number of methoxy groups -OCH3 is 1. The molecule has 3 aromatic heterocycles. The predicted molar refractivity (Wildman–Crippen MR) is 128 cm³/mol. The zero-order chi connectivity index (χ0) is 24.4. The van der Waals surface area contributed by atoms with Gasteiger partial charge in [0.1, 0.15) is 17.4 Å². The molecule has 0 bridgehead atoms. The van der Waals surface area contributed by atoms with Gasteiger partial charge in [0.05, 0.1) is 23.7 Å². The number of fused-ring (bicyclic) bond motifs is 1. The zero-order valence-electron chi connectivity index (χ0n) is 18.6. The van der Waals surface area contributed by atoms with E-state index in [9.17, 15) is 14.7 Å². The molecule has 1 amide bonds. The minimum Gasteiger partial charge on any atom is -0.507 e. The van der Waals surface area contributed by atoms with E-state index in [2.05, 4.69) is 35.5 Å². The van der Waals surface area contributed by atoms with Crippen LogP contribution in [0.25, 0.3) is 33.5 Å². The Hall–Kier alpha value is -4.93. The lowest BCUT2D eigenvalue weighted by Crippen LogP contribution is -2.26. The summed E-state index contributed by atoms with van der Waals surface area (Å²) in [6, 6.07) is 14.0. The van der Waals surface area contributed by atoms with Gasteiger partial charge < -0.3 is 20.1 Å². The number of rotatable bonds is 7. The third-order valence-electron chi connectivity index (χ3n) is 5.47. The van der Waals surface area contributed by atoms with E-state index in [1.54, 1.807) is 49.7 Å². The first-order valence-corrected chi connectivity index (χ1v) is 10.8. The van der Waals surface area contributed by atoms with E-state index >= 15 is 0 Å². The lowest BCUT2D eigenvalue weighted by Gasteiger charge is -2.09. The van der Waals surface area contributed by atoms with Crippen molar-refractivity contribution in [3.8, 4) is 34.1 Å². The summed E-state index contributed by atoms with van der Waals surface area (Å²) < 4.78 is 5.36. The number of H-pyrrole nitrogens is 3. The standard InChI is InChI=1S/C24H21N7O4/c1-35-23-15(3-2-9-26-23)13-5-7-19(32)16(11-13)21-27-17-6-4-14(12-18(17)28-21)22(33)25-10-8-20-29-24(34)31-30-20/h2-7,9,11-12,32H,8,10H2,1H3,(H,25,33)(H,27,28)(H2,29,30,31,34). The van der Waals surface area contributed by atoms with Gasteiger partial charge in [-0.1, -0.05) is 6.07 Å². The van der Waals surface area contributed by atoms with Gasteiger partial charge in [-0.05, 0) is 48.0 Å². The molecule has 5 rings (SSSR count). The molecule has 0 aliphatic heterocycles. The first-order valence-electron chi connectivity index (χ1n) is 10.8. The first-order chi connectivity index (χ1) is 17.0. The molecule has 0 atom stereocenters. The molecule has 176 valence electrons. The molecule has 11 heteroatoms. The van der Waals surface area contributed by atoms with Crippen LogP contribution < -0.4 is 15.7 Å². The van der Waals surface area contributed by atoms with Crippen LogP contribution in [0.2, 0.25) is 0 Å². The summed E-state index contributed by atoms with van der Waals surface area (Å²) in [5, 5.41) is 19.4. The lowest BCUT2D eigenvalue weighted by atomic mass is 10.0. The van der Waals surface area contributed by atoms with Crippen molar-refractivity contribution in [3.05, 3.63) is 76.6 Å². The summed E-state index contributed by atoms with van der Waals surface area (Å²) in [4.78, 5) is 38.2. The van der Waals surface area contributed by atoms with Gasteiger partial charge >= 0.3 is 5.69 Å². The van der Waals surface area contributed by atoms with Crippen LogP contribution in [0, 0.1) is 0 Å². The van der Waals surface area contributed by atoms with Gasteiger partial charge in [0.2, 0.25) is 5.88 Å². The van der Waals surface area contributed by atoms with Crippen molar-refractivity contribution in [1.82, 2.24) is 35.5 Å². The molecule has 0 unspecified atom stereocenters. The van der Waals surface area contributed by atoms with Gasteiger partial charge in [-0.2, -0.15) is 5.10 Å². The van der Waals surface area contributed by atoms with Crippen molar-refractivity contribution >= 4 is 16.9 Å². The van der Waals surface area contributed by atoms with Gasteiger partial charge in [0, 0.05) is 30.3 Å². The Bertz CT molecular complexity index is 1580. The highest BCUT2D eigenvalue weighted by molar-refractivity contribution is 5.97. The summed E-state index contributed by atoms with van der Waals surface area (Å²) in [5.41, 5.74) is 3.43. The van der Waals surface area contributed by atoms with E-state index in [1.165, 1.54) is 0 Å². The molecule has 2 aromatic carbocycles. The molecular formula is C24H21N7O4. The van der Waals surface area contributed by atoms with Crippen molar-refractivity contribution in [1.29, 1.82) is 0 Å². The van der Waals surface area contributed by atoms with E-state index in [4.69, 9.17) is 4.74 Å². The fourth-order valence-electron chi connectivity index (χ4n) is 3.76. The van der Waals surface area contributed by atoms with Gasteiger partial charge in [-0.15, -0.1) is 0 Å². The molecule has 3 heterocycles. The van der Waals surface area contributed by atoms with Crippen LogP contribution in [0.3, 0.4) is 0 Å². The van der Waals surface area contributed by atoms with Crippen molar-refractivity contribution in [2.75, 3.05) is 13.7 Å². The van der Waals surface area contributed by atoms with Crippen LogP contribution in [0.5, 0.6) is 11.6 Å². The maximum absolute atomic E-state index is 12.6. The number of nitrogens with zero attached hydrogens (tertiary/aromatic N) is 3. The fraction of sp³-hybridized carbons (Fsp3) is 0.125. The molecule has 11 nitrogen and oxygen atoms in total. The number of ether oxygens (including phenoxy) is 1. The average Bonchev–Trinajstić information content (AvgIpc) is 3.49. The molecule has 5 aromatic rings. The first kappa shape index (κ1) is 21.9. The monoisotopic (exact) mass is 471 g/mol. The number of imidazole rings is 1. The molecule has 5 N–H and O–H groups in total. The Morgan fingerprint density at radius 2 is 2.00 bits per heavy atom. The number of nitrogens with one attached hydrogen (secondary N) is 4. The second-order valence-electron chi connectivity index (χ2n) is 7.74. The Kier molecular flexibility index (Phi) is 5.71. The van der Waals surface area contributed by atoms with E-state index in [0.29, 0.717) is 47.1 Å². The summed E-state index contributed by atoms with van der Waals surface area (Å²) in [6.07, 6.45) is 2.03. The van der Waals surface area contributed by atoms with Crippen LogP contribution in [-0.4, -0.2) is 54.8 Å². The molecule has 35 heavy (non-hydrogen) atoms. The quantitative estimate of drug-likeness (QED) is 0.243. The average molecular weight is 471 g/mol. The van der Waals surface area contributed by atoms with Gasteiger partial charge in [0.15, 0.2) is 0 Å². The van der Waals surface area contributed by atoms with Crippen molar-refractivity contribution in [2.45, 2.75) is 6.42 Å². The number of carbonyl (C=O) groups is 1.